The number of hydrogen-bond acceptors (Lipinski definition) is 2. The molecule has 1 atom stereocenters. The molecule has 0 aromatic rings. The van der Waals surface area contributed by atoms with Crippen LogP contribution in [0.25, 0.3) is 0 Å². The molecule has 0 radical (unpaired) electrons. The number of hydrogen-bond donors (Lipinski definition) is 2. The fraction of sp³-hybridized carbons (Fsp3) is 0.667. The Kier molecular flexibility index (Phi) is 6.38. The smallest absolute Gasteiger partial charge is 0.243 e. The summed E-state index contributed by atoms with van der Waals surface area (Å²) in [4.78, 5) is 10.8. The number of carbonyl (C=O) groups excluding carboxylic acids is 1. The van der Waals surface area contributed by atoms with Gasteiger partial charge in [0.2, 0.25) is 5.91 Å². The molecule has 0 aromatic heterocycles. The highest BCUT2D eigenvalue weighted by atomic mass is 16.3. The molecule has 12 heavy (non-hydrogen) atoms. The molecule has 0 spiro atoms. The summed E-state index contributed by atoms with van der Waals surface area (Å²) in [6, 6.07) is 0. The van der Waals surface area contributed by atoms with E-state index in [4.69, 9.17) is 5.11 Å². The summed E-state index contributed by atoms with van der Waals surface area (Å²) in [5, 5.41) is 11.6. The Hall–Kier alpha value is -0.830. The van der Waals surface area contributed by atoms with E-state index in [0.717, 1.165) is 12.8 Å². The maximum absolute atomic E-state index is 10.8. The van der Waals surface area contributed by atoms with Gasteiger partial charge in [-0.3, -0.25) is 4.79 Å². The van der Waals surface area contributed by atoms with Crippen molar-refractivity contribution in [2.75, 3.05) is 6.54 Å². The molecule has 3 nitrogen and oxygen atoms in total. The summed E-state index contributed by atoms with van der Waals surface area (Å²) in [5.41, 5.74) is 0. The SMILES string of the molecule is C/C=C/C(=O)NCCCC(C)O. The lowest BCUT2D eigenvalue weighted by Gasteiger charge is -2.03. The van der Waals surface area contributed by atoms with Gasteiger partial charge in [0.15, 0.2) is 0 Å². The van der Waals surface area contributed by atoms with E-state index in [1.807, 2.05) is 0 Å². The Balaban J connectivity index is 3.25. The van der Waals surface area contributed by atoms with Crippen LogP contribution in [0.5, 0.6) is 0 Å². The lowest BCUT2D eigenvalue weighted by molar-refractivity contribution is -0.116. The Morgan fingerprint density at radius 1 is 1.67 bits per heavy atom. The number of allylic oxidation sites excluding steroid dienone is 1. The Morgan fingerprint density at radius 3 is 2.83 bits per heavy atom. The number of aliphatic hydroxyl groups is 1. The standard InChI is InChI=1S/C9H17NO2/c1-3-5-9(12)10-7-4-6-8(2)11/h3,5,8,11H,4,6-7H2,1-2H3,(H,10,12)/b5-3+. The average Bonchev–Trinajstić information content (AvgIpc) is 1.98. The van der Waals surface area contributed by atoms with Gasteiger partial charge in [0.1, 0.15) is 0 Å². The highest BCUT2D eigenvalue weighted by molar-refractivity contribution is 5.87. The summed E-state index contributed by atoms with van der Waals surface area (Å²) in [6.07, 6.45) is 4.47. The third-order valence-corrected chi connectivity index (χ3v) is 1.42. The fourth-order valence-corrected chi connectivity index (χ4v) is 0.819. The van der Waals surface area contributed by atoms with E-state index < -0.39 is 0 Å². The van der Waals surface area contributed by atoms with Crippen molar-refractivity contribution in [1.82, 2.24) is 5.32 Å². The van der Waals surface area contributed by atoms with Gasteiger partial charge in [0.05, 0.1) is 6.10 Å². The van der Waals surface area contributed by atoms with Crippen molar-refractivity contribution >= 4 is 5.91 Å². The van der Waals surface area contributed by atoms with Crippen LogP contribution >= 0.6 is 0 Å². The summed E-state index contributed by atoms with van der Waals surface area (Å²) in [5.74, 6) is -0.0666. The first kappa shape index (κ1) is 11.2. The normalized spacial score (nSPS) is 13.2. The predicted octanol–water partition coefficient (Wildman–Crippen LogP) is 0.840. The van der Waals surface area contributed by atoms with Crippen LogP contribution in [-0.4, -0.2) is 23.7 Å². The molecule has 0 saturated carbocycles. The van der Waals surface area contributed by atoms with Crippen molar-refractivity contribution < 1.29 is 9.90 Å². The third kappa shape index (κ3) is 7.28. The molecule has 0 fully saturated rings. The average molecular weight is 171 g/mol. The number of rotatable bonds is 5. The zero-order valence-corrected chi connectivity index (χ0v) is 7.71. The molecule has 0 aliphatic heterocycles. The molecule has 0 heterocycles. The zero-order valence-electron chi connectivity index (χ0n) is 7.71. The zero-order chi connectivity index (χ0) is 9.40. The Labute approximate surface area is 73.5 Å². The van der Waals surface area contributed by atoms with Crippen LogP contribution in [0.4, 0.5) is 0 Å². The summed E-state index contributed by atoms with van der Waals surface area (Å²) in [7, 11) is 0. The first-order valence-electron chi connectivity index (χ1n) is 4.25. The molecule has 1 amide bonds. The minimum atomic E-state index is -0.274. The topological polar surface area (TPSA) is 49.3 Å². The van der Waals surface area contributed by atoms with Crippen LogP contribution < -0.4 is 5.32 Å². The molecule has 0 aliphatic rings. The molecule has 0 saturated heterocycles. The minimum Gasteiger partial charge on any atom is -0.393 e. The van der Waals surface area contributed by atoms with E-state index in [0.29, 0.717) is 6.54 Å². The maximum Gasteiger partial charge on any atom is 0.243 e. The van der Waals surface area contributed by atoms with Crippen molar-refractivity contribution in [3.63, 3.8) is 0 Å². The van der Waals surface area contributed by atoms with Crippen LogP contribution in [-0.2, 0) is 4.79 Å². The lowest BCUT2D eigenvalue weighted by atomic mass is 10.2. The van der Waals surface area contributed by atoms with Crippen LogP contribution in [0.2, 0.25) is 0 Å². The first-order chi connectivity index (χ1) is 5.66. The highest BCUT2D eigenvalue weighted by Gasteiger charge is 1.96. The molecule has 0 bridgehead atoms. The van der Waals surface area contributed by atoms with Gasteiger partial charge >= 0.3 is 0 Å². The van der Waals surface area contributed by atoms with Gasteiger partial charge in [-0.05, 0) is 32.8 Å². The van der Waals surface area contributed by atoms with Crippen LogP contribution in [0.3, 0.4) is 0 Å². The van der Waals surface area contributed by atoms with Gasteiger partial charge in [-0.15, -0.1) is 0 Å². The second-order valence-corrected chi connectivity index (χ2v) is 2.78. The van der Waals surface area contributed by atoms with E-state index in [-0.39, 0.29) is 12.0 Å². The van der Waals surface area contributed by atoms with Crippen molar-refractivity contribution in [3.8, 4) is 0 Å². The first-order valence-corrected chi connectivity index (χ1v) is 4.25. The molecule has 3 heteroatoms. The number of aliphatic hydroxyl groups excluding tert-OH is 1. The van der Waals surface area contributed by atoms with Crippen LogP contribution in [0, 0.1) is 0 Å². The van der Waals surface area contributed by atoms with Crippen molar-refractivity contribution in [1.29, 1.82) is 0 Å². The minimum absolute atomic E-state index is 0.0666. The second kappa shape index (κ2) is 6.85. The van der Waals surface area contributed by atoms with E-state index in [1.165, 1.54) is 6.08 Å². The second-order valence-electron chi connectivity index (χ2n) is 2.78. The predicted molar refractivity (Wildman–Crippen MR) is 48.7 cm³/mol. The van der Waals surface area contributed by atoms with E-state index in [9.17, 15) is 4.79 Å². The number of amides is 1. The summed E-state index contributed by atoms with van der Waals surface area (Å²) < 4.78 is 0. The Bertz CT molecular complexity index is 153. The largest absolute Gasteiger partial charge is 0.393 e. The molecular formula is C9H17NO2. The third-order valence-electron chi connectivity index (χ3n) is 1.42. The molecule has 1 unspecified atom stereocenters. The quantitative estimate of drug-likeness (QED) is 0.475. The van der Waals surface area contributed by atoms with Crippen LogP contribution in [0.1, 0.15) is 26.7 Å². The summed E-state index contributed by atoms with van der Waals surface area (Å²) >= 11 is 0. The van der Waals surface area contributed by atoms with E-state index >= 15 is 0 Å². The highest BCUT2D eigenvalue weighted by Crippen LogP contribution is 1.93. The molecule has 70 valence electrons. The molecule has 0 rings (SSSR count). The van der Waals surface area contributed by atoms with Gasteiger partial charge in [-0.1, -0.05) is 6.08 Å². The van der Waals surface area contributed by atoms with Gasteiger partial charge in [-0.2, -0.15) is 0 Å². The monoisotopic (exact) mass is 171 g/mol. The fourth-order valence-electron chi connectivity index (χ4n) is 0.819. The molecule has 2 N–H and O–H groups in total. The molecule has 0 aliphatic carbocycles. The van der Waals surface area contributed by atoms with E-state index in [2.05, 4.69) is 5.32 Å². The van der Waals surface area contributed by atoms with Gasteiger partial charge in [0.25, 0.3) is 0 Å². The van der Waals surface area contributed by atoms with Crippen molar-refractivity contribution in [3.05, 3.63) is 12.2 Å². The van der Waals surface area contributed by atoms with Gasteiger partial charge < -0.3 is 10.4 Å². The van der Waals surface area contributed by atoms with Gasteiger partial charge in [0, 0.05) is 6.54 Å². The lowest BCUT2D eigenvalue weighted by Crippen LogP contribution is -2.22. The number of nitrogens with one attached hydrogen (secondary N) is 1. The van der Waals surface area contributed by atoms with Gasteiger partial charge in [-0.25, -0.2) is 0 Å². The van der Waals surface area contributed by atoms with Crippen molar-refractivity contribution in [2.24, 2.45) is 0 Å². The summed E-state index contributed by atoms with van der Waals surface area (Å²) in [6.45, 7) is 4.18. The van der Waals surface area contributed by atoms with Crippen LogP contribution in [0.15, 0.2) is 12.2 Å². The molecule has 0 aromatic carbocycles. The maximum atomic E-state index is 10.8. The van der Waals surface area contributed by atoms with Crippen molar-refractivity contribution in [2.45, 2.75) is 32.8 Å². The van der Waals surface area contributed by atoms with E-state index in [1.54, 1.807) is 19.9 Å². The Morgan fingerprint density at radius 2 is 2.33 bits per heavy atom. The molecular weight excluding hydrogens is 154 g/mol. The number of carbonyl (C=O) groups is 1.